The minimum absolute atomic E-state index is 0. The van der Waals surface area contributed by atoms with E-state index in [0.717, 1.165) is 25.7 Å². The highest BCUT2D eigenvalue weighted by molar-refractivity contribution is 7.90. The molecule has 1 aliphatic carbocycles. The summed E-state index contributed by atoms with van der Waals surface area (Å²) in [5.41, 5.74) is 6.45. The van der Waals surface area contributed by atoms with Gasteiger partial charge in [-0.1, -0.05) is 12.1 Å². The van der Waals surface area contributed by atoms with Crippen LogP contribution in [-0.4, -0.2) is 38.8 Å². The third-order valence-corrected chi connectivity index (χ3v) is 6.03. The molecule has 2 aliphatic rings. The van der Waals surface area contributed by atoms with Crippen LogP contribution in [0, 0.1) is 0 Å². The van der Waals surface area contributed by atoms with Crippen LogP contribution in [0.15, 0.2) is 34.2 Å². The highest BCUT2D eigenvalue weighted by Gasteiger charge is 2.29. The maximum atomic E-state index is 12.0. The van der Waals surface area contributed by atoms with Gasteiger partial charge in [0, 0.05) is 30.6 Å². The second-order valence-corrected chi connectivity index (χ2v) is 8.27. The van der Waals surface area contributed by atoms with E-state index >= 15 is 0 Å². The van der Waals surface area contributed by atoms with E-state index in [4.69, 9.17) is 5.73 Å². The van der Waals surface area contributed by atoms with Gasteiger partial charge in [-0.3, -0.25) is 14.5 Å². The van der Waals surface area contributed by atoms with Crippen molar-refractivity contribution in [3.63, 3.8) is 0 Å². The Morgan fingerprint density at radius 2 is 1.92 bits per heavy atom. The van der Waals surface area contributed by atoms with Gasteiger partial charge < -0.3 is 11.1 Å². The molecule has 1 saturated carbocycles. The van der Waals surface area contributed by atoms with Crippen molar-refractivity contribution in [2.75, 3.05) is 6.54 Å². The molecule has 1 amide bonds. The Balaban J connectivity index is 0.00000243. The zero-order chi connectivity index (χ0) is 17.9. The average Bonchev–Trinajstić information content (AvgIpc) is 2.85. The number of nitrogens with two attached hydrogens (primary N) is 1. The fourth-order valence-corrected chi connectivity index (χ4v) is 4.50. The van der Waals surface area contributed by atoms with Gasteiger partial charge in [0.2, 0.25) is 5.91 Å². The molecule has 9 heteroatoms. The number of rotatable bonds is 5. The zero-order valence-corrected chi connectivity index (χ0v) is 16.1. The van der Waals surface area contributed by atoms with Crippen molar-refractivity contribution in [3.05, 3.63) is 29.8 Å². The lowest BCUT2D eigenvalue weighted by molar-refractivity contribution is -0.122. The van der Waals surface area contributed by atoms with Gasteiger partial charge in [0.25, 0.3) is 10.0 Å². The van der Waals surface area contributed by atoms with Gasteiger partial charge in [0.05, 0.1) is 4.90 Å². The summed E-state index contributed by atoms with van der Waals surface area (Å²) in [5, 5.41) is 3.04. The molecule has 0 atom stereocenters. The SMILES string of the molecule is Cl.NC1CCC(NC(=O)CCCN=C2NS(=O)(=O)c3ccccc32)CC1. The predicted octanol–water partition coefficient (Wildman–Crippen LogP) is 1.31. The lowest BCUT2D eigenvalue weighted by Gasteiger charge is -2.26. The number of halogens is 1. The minimum Gasteiger partial charge on any atom is -0.353 e. The summed E-state index contributed by atoms with van der Waals surface area (Å²) in [4.78, 5) is 16.6. The van der Waals surface area contributed by atoms with Crippen molar-refractivity contribution >= 4 is 34.2 Å². The first kappa shape index (κ1) is 20.7. The Hall–Kier alpha value is -1.64. The molecule has 1 aliphatic heterocycles. The number of aliphatic imine (C=N–C) groups is 1. The van der Waals surface area contributed by atoms with Crippen LogP contribution in [0.2, 0.25) is 0 Å². The number of nitrogens with zero attached hydrogens (tertiary/aromatic N) is 1. The van der Waals surface area contributed by atoms with Crippen LogP contribution >= 0.6 is 12.4 Å². The van der Waals surface area contributed by atoms with E-state index in [2.05, 4.69) is 15.0 Å². The molecule has 0 bridgehead atoms. The molecular weight excluding hydrogens is 376 g/mol. The van der Waals surface area contributed by atoms with Gasteiger partial charge >= 0.3 is 0 Å². The topological polar surface area (TPSA) is 114 Å². The Bertz CT molecular complexity index is 774. The molecule has 1 aromatic carbocycles. The fourth-order valence-electron chi connectivity index (χ4n) is 3.25. The first-order chi connectivity index (χ1) is 12.0. The van der Waals surface area contributed by atoms with Crippen LogP contribution < -0.4 is 15.8 Å². The van der Waals surface area contributed by atoms with Crippen molar-refractivity contribution in [1.29, 1.82) is 0 Å². The second kappa shape index (κ2) is 8.83. The van der Waals surface area contributed by atoms with E-state index in [9.17, 15) is 13.2 Å². The maximum Gasteiger partial charge on any atom is 0.263 e. The summed E-state index contributed by atoms with van der Waals surface area (Å²) in [6, 6.07) is 7.24. The Morgan fingerprint density at radius 1 is 1.23 bits per heavy atom. The molecular formula is C17H25ClN4O3S. The predicted molar refractivity (Wildman–Crippen MR) is 103 cm³/mol. The third kappa shape index (κ3) is 4.96. The highest BCUT2D eigenvalue weighted by Crippen LogP contribution is 2.22. The molecule has 3 rings (SSSR count). The van der Waals surface area contributed by atoms with E-state index in [-0.39, 0.29) is 35.3 Å². The summed E-state index contributed by atoms with van der Waals surface area (Å²) < 4.78 is 26.4. The van der Waals surface area contributed by atoms with E-state index in [0.29, 0.717) is 30.8 Å². The van der Waals surface area contributed by atoms with E-state index < -0.39 is 10.0 Å². The number of amidine groups is 1. The van der Waals surface area contributed by atoms with Crippen LogP contribution in [0.3, 0.4) is 0 Å². The number of carbonyl (C=O) groups excluding carboxylic acids is 1. The second-order valence-electron chi connectivity index (χ2n) is 6.61. The Morgan fingerprint density at radius 3 is 2.65 bits per heavy atom. The summed E-state index contributed by atoms with van der Waals surface area (Å²) in [6.45, 7) is 0.398. The van der Waals surface area contributed by atoms with Crippen molar-refractivity contribution in [3.8, 4) is 0 Å². The molecule has 1 aromatic rings. The standard InChI is InChI=1S/C17H24N4O3S.ClH/c18-12-7-9-13(10-8-12)20-16(22)6-3-11-19-17-14-4-1-2-5-15(14)25(23,24)21-17;/h1-2,4-5,12-13H,3,6-11,18H2,(H,19,21)(H,20,22);1H. The lowest BCUT2D eigenvalue weighted by Crippen LogP contribution is -2.40. The Labute approximate surface area is 160 Å². The van der Waals surface area contributed by atoms with Crippen molar-refractivity contribution in [1.82, 2.24) is 10.0 Å². The van der Waals surface area contributed by atoms with Gasteiger partial charge in [0.1, 0.15) is 5.84 Å². The van der Waals surface area contributed by atoms with Gasteiger partial charge in [0.15, 0.2) is 0 Å². The molecule has 26 heavy (non-hydrogen) atoms. The summed E-state index contributed by atoms with van der Waals surface area (Å²) in [5.74, 6) is 0.380. The van der Waals surface area contributed by atoms with Crippen LogP contribution in [0.25, 0.3) is 0 Å². The first-order valence-corrected chi connectivity index (χ1v) is 10.2. The molecule has 0 spiro atoms. The number of nitrogens with one attached hydrogen (secondary N) is 2. The first-order valence-electron chi connectivity index (χ1n) is 8.67. The molecule has 0 aromatic heterocycles. The van der Waals surface area contributed by atoms with Crippen LogP contribution in [-0.2, 0) is 14.8 Å². The third-order valence-electron chi connectivity index (χ3n) is 4.63. The van der Waals surface area contributed by atoms with E-state index in [1.807, 2.05) is 0 Å². The number of benzene rings is 1. The number of hydrogen-bond donors (Lipinski definition) is 3. The Kier molecular flexibility index (Phi) is 7.02. The molecule has 7 nitrogen and oxygen atoms in total. The smallest absolute Gasteiger partial charge is 0.263 e. The molecule has 144 valence electrons. The number of sulfonamides is 1. The van der Waals surface area contributed by atoms with Crippen LogP contribution in [0.4, 0.5) is 0 Å². The molecule has 0 saturated heterocycles. The van der Waals surface area contributed by atoms with Crippen molar-refractivity contribution in [2.45, 2.75) is 55.5 Å². The molecule has 4 N–H and O–H groups in total. The van der Waals surface area contributed by atoms with Crippen LogP contribution in [0.1, 0.15) is 44.1 Å². The highest BCUT2D eigenvalue weighted by atomic mass is 35.5. The fraction of sp³-hybridized carbons (Fsp3) is 0.529. The lowest BCUT2D eigenvalue weighted by atomic mass is 9.92. The van der Waals surface area contributed by atoms with Crippen molar-refractivity contribution in [2.24, 2.45) is 10.7 Å². The van der Waals surface area contributed by atoms with Crippen molar-refractivity contribution < 1.29 is 13.2 Å². The monoisotopic (exact) mass is 400 g/mol. The van der Waals surface area contributed by atoms with E-state index in [1.165, 1.54) is 0 Å². The summed E-state index contributed by atoms with van der Waals surface area (Å²) >= 11 is 0. The average molecular weight is 401 g/mol. The molecule has 0 radical (unpaired) electrons. The zero-order valence-electron chi connectivity index (χ0n) is 14.5. The summed E-state index contributed by atoms with van der Waals surface area (Å²) in [6.07, 6.45) is 4.75. The van der Waals surface area contributed by atoms with Crippen LogP contribution in [0.5, 0.6) is 0 Å². The number of carbonyl (C=O) groups is 1. The van der Waals surface area contributed by atoms with Gasteiger partial charge in [-0.25, -0.2) is 8.42 Å². The largest absolute Gasteiger partial charge is 0.353 e. The number of hydrogen-bond acceptors (Lipinski definition) is 5. The minimum atomic E-state index is -3.50. The van der Waals surface area contributed by atoms with Gasteiger partial charge in [-0.15, -0.1) is 12.4 Å². The molecule has 1 heterocycles. The molecule has 0 unspecified atom stereocenters. The normalized spacial score (nSPS) is 25.0. The maximum absolute atomic E-state index is 12.0. The number of amides is 1. The van der Waals surface area contributed by atoms with Gasteiger partial charge in [-0.2, -0.15) is 0 Å². The number of fused-ring (bicyclic) bond motifs is 1. The summed E-state index contributed by atoms with van der Waals surface area (Å²) in [7, 11) is -3.50. The quantitative estimate of drug-likeness (QED) is 0.646. The van der Waals surface area contributed by atoms with E-state index in [1.54, 1.807) is 24.3 Å². The molecule has 1 fully saturated rings. The van der Waals surface area contributed by atoms with Gasteiger partial charge in [-0.05, 0) is 44.2 Å².